The van der Waals surface area contributed by atoms with E-state index in [-0.39, 0.29) is 10.6 Å². The van der Waals surface area contributed by atoms with Gasteiger partial charge < -0.3 is 0 Å². The van der Waals surface area contributed by atoms with Crippen LogP contribution in [0.5, 0.6) is 0 Å². The molecule has 0 aliphatic heterocycles. The Morgan fingerprint density at radius 1 is 1.46 bits per heavy atom. The molecule has 0 atom stereocenters. The van der Waals surface area contributed by atoms with Gasteiger partial charge in [-0.15, -0.1) is 0 Å². The summed E-state index contributed by atoms with van der Waals surface area (Å²) in [6.45, 7) is 0. The van der Waals surface area contributed by atoms with Crippen LogP contribution in [0.4, 0.5) is 8.78 Å². The first kappa shape index (κ1) is 8.95. The van der Waals surface area contributed by atoms with Crippen molar-refractivity contribution in [2.45, 2.75) is 18.8 Å². The number of hydrogen-bond acceptors (Lipinski definition) is 0. The fourth-order valence-corrected chi connectivity index (χ4v) is 1.60. The minimum atomic E-state index is -2.76. The van der Waals surface area contributed by atoms with Crippen molar-refractivity contribution in [3.8, 4) is 0 Å². The third kappa shape index (κ3) is 1.55. The molecule has 69 valence electrons. The summed E-state index contributed by atoms with van der Waals surface area (Å²) in [6, 6.07) is 6.87. The van der Waals surface area contributed by atoms with Crippen LogP contribution in [-0.4, -0.2) is 0 Å². The van der Waals surface area contributed by atoms with Crippen LogP contribution in [0, 0.1) is 12.0 Å². The van der Waals surface area contributed by atoms with Crippen molar-refractivity contribution >= 4 is 11.6 Å². The lowest BCUT2D eigenvalue weighted by Gasteiger charge is -2.16. The molecule has 0 amide bonds. The molecule has 1 saturated carbocycles. The van der Waals surface area contributed by atoms with Crippen LogP contribution >= 0.6 is 11.6 Å². The average Bonchev–Trinajstić information content (AvgIpc) is 2.86. The molecule has 1 aromatic rings. The maximum Gasteiger partial charge on any atom is 0.277 e. The Balaban J connectivity index is 2.38. The van der Waals surface area contributed by atoms with Crippen LogP contribution in [0.1, 0.15) is 18.4 Å². The molecule has 3 heteroatoms. The van der Waals surface area contributed by atoms with Gasteiger partial charge in [0.25, 0.3) is 5.92 Å². The van der Waals surface area contributed by atoms with Gasteiger partial charge in [-0.1, -0.05) is 23.7 Å². The van der Waals surface area contributed by atoms with Crippen molar-refractivity contribution in [3.05, 3.63) is 34.9 Å². The summed E-state index contributed by atoms with van der Waals surface area (Å²) in [7, 11) is 0. The van der Waals surface area contributed by atoms with Gasteiger partial charge in [0.2, 0.25) is 0 Å². The van der Waals surface area contributed by atoms with E-state index in [1.54, 1.807) is 0 Å². The van der Waals surface area contributed by atoms with Crippen LogP contribution in [-0.2, 0) is 5.92 Å². The Kier molecular flexibility index (Phi) is 2.03. The van der Waals surface area contributed by atoms with Crippen molar-refractivity contribution in [2.24, 2.45) is 5.92 Å². The van der Waals surface area contributed by atoms with E-state index in [0.29, 0.717) is 12.8 Å². The Morgan fingerprint density at radius 3 is 2.69 bits per heavy atom. The molecule has 0 unspecified atom stereocenters. The molecule has 0 nitrogen and oxygen atoms in total. The van der Waals surface area contributed by atoms with Gasteiger partial charge >= 0.3 is 0 Å². The Hall–Kier alpha value is -0.630. The number of hydrogen-bond donors (Lipinski definition) is 0. The number of halogens is 3. The predicted molar refractivity (Wildman–Crippen MR) is 46.9 cm³/mol. The van der Waals surface area contributed by atoms with E-state index in [1.165, 1.54) is 18.2 Å². The van der Waals surface area contributed by atoms with Crippen LogP contribution in [0.2, 0.25) is 5.02 Å². The number of benzene rings is 1. The summed E-state index contributed by atoms with van der Waals surface area (Å²) in [5.41, 5.74) is -0.0598. The normalized spacial score (nSPS) is 17.5. The van der Waals surface area contributed by atoms with E-state index >= 15 is 0 Å². The Labute approximate surface area is 80.5 Å². The maximum atomic E-state index is 13.5. The molecule has 1 radical (unpaired) electrons. The molecule has 0 heterocycles. The minimum absolute atomic E-state index is 0.0598. The summed E-state index contributed by atoms with van der Waals surface area (Å²) in [6.07, 6.45) is 1.20. The van der Waals surface area contributed by atoms with Crippen molar-refractivity contribution in [2.75, 3.05) is 0 Å². The van der Waals surface area contributed by atoms with Crippen molar-refractivity contribution in [1.29, 1.82) is 0 Å². The van der Waals surface area contributed by atoms with Gasteiger partial charge in [-0.25, -0.2) is 8.78 Å². The molecule has 0 N–H and O–H groups in total. The van der Waals surface area contributed by atoms with Crippen molar-refractivity contribution in [1.82, 2.24) is 0 Å². The third-order valence-corrected chi connectivity index (χ3v) is 2.58. The number of rotatable bonds is 2. The van der Waals surface area contributed by atoms with E-state index in [0.717, 1.165) is 0 Å². The third-order valence-electron chi connectivity index (χ3n) is 2.26. The minimum Gasteiger partial charge on any atom is -0.201 e. The zero-order valence-corrected chi connectivity index (χ0v) is 7.61. The van der Waals surface area contributed by atoms with E-state index in [2.05, 4.69) is 6.07 Å². The molecule has 0 aromatic heterocycles. The fraction of sp³-hybridized carbons (Fsp3) is 0.400. The number of alkyl halides is 2. The van der Waals surface area contributed by atoms with E-state index in [1.807, 2.05) is 0 Å². The van der Waals surface area contributed by atoms with E-state index < -0.39 is 11.8 Å². The van der Waals surface area contributed by atoms with Crippen molar-refractivity contribution in [3.63, 3.8) is 0 Å². The molecule has 0 bridgehead atoms. The lowest BCUT2D eigenvalue weighted by molar-refractivity contribution is -0.0284. The highest BCUT2D eigenvalue weighted by Gasteiger charge is 2.48. The molecule has 1 aliphatic rings. The van der Waals surface area contributed by atoms with Crippen LogP contribution in [0.3, 0.4) is 0 Å². The standard InChI is InChI=1S/C10H8ClF2/c11-9-4-2-1-3-8(9)10(12,13)7-5-6-7/h1,3-4,7H,5-6H2. The van der Waals surface area contributed by atoms with Crippen LogP contribution in [0.25, 0.3) is 0 Å². The first-order chi connectivity index (χ1) is 6.12. The zero-order valence-electron chi connectivity index (χ0n) is 6.86. The first-order valence-electron chi connectivity index (χ1n) is 4.16. The zero-order chi connectivity index (χ0) is 9.47. The summed E-state index contributed by atoms with van der Waals surface area (Å²) in [5, 5.41) is 0.111. The molecular formula is C10H8ClF2. The molecule has 0 spiro atoms. The molecule has 1 fully saturated rings. The van der Waals surface area contributed by atoms with Gasteiger partial charge in [0.05, 0.1) is 5.02 Å². The van der Waals surface area contributed by atoms with Crippen LogP contribution < -0.4 is 0 Å². The monoisotopic (exact) mass is 201 g/mol. The van der Waals surface area contributed by atoms with E-state index in [9.17, 15) is 8.78 Å². The molecule has 0 saturated heterocycles. The summed E-state index contributed by atoms with van der Waals surface area (Å²) < 4.78 is 27.0. The Morgan fingerprint density at radius 2 is 2.15 bits per heavy atom. The predicted octanol–water partition coefficient (Wildman–Crippen LogP) is 3.64. The molecule has 1 aromatic carbocycles. The smallest absolute Gasteiger partial charge is 0.201 e. The van der Waals surface area contributed by atoms with Gasteiger partial charge in [0.1, 0.15) is 0 Å². The average molecular weight is 202 g/mol. The second-order valence-corrected chi connectivity index (χ2v) is 3.71. The molecule has 2 rings (SSSR count). The van der Waals surface area contributed by atoms with Gasteiger partial charge in [-0.3, -0.25) is 0 Å². The second-order valence-electron chi connectivity index (χ2n) is 3.30. The summed E-state index contributed by atoms with van der Waals surface area (Å²) in [5.74, 6) is -3.26. The quantitative estimate of drug-likeness (QED) is 0.685. The molecular weight excluding hydrogens is 194 g/mol. The van der Waals surface area contributed by atoms with E-state index in [4.69, 9.17) is 11.6 Å². The van der Waals surface area contributed by atoms with Gasteiger partial charge in [0, 0.05) is 11.5 Å². The fourth-order valence-electron chi connectivity index (χ4n) is 1.35. The largest absolute Gasteiger partial charge is 0.277 e. The lowest BCUT2D eigenvalue weighted by atomic mass is 10.0. The summed E-state index contributed by atoms with van der Waals surface area (Å²) in [4.78, 5) is 0. The Bertz CT molecular complexity index is 318. The second kappa shape index (κ2) is 2.95. The highest BCUT2D eigenvalue weighted by molar-refractivity contribution is 6.31. The lowest BCUT2D eigenvalue weighted by Crippen LogP contribution is -2.16. The highest BCUT2D eigenvalue weighted by atomic mass is 35.5. The summed E-state index contributed by atoms with van der Waals surface area (Å²) >= 11 is 5.67. The van der Waals surface area contributed by atoms with Gasteiger partial charge in [-0.2, -0.15) is 0 Å². The van der Waals surface area contributed by atoms with Gasteiger partial charge in [-0.05, 0) is 25.0 Å². The highest BCUT2D eigenvalue weighted by Crippen LogP contribution is 2.51. The van der Waals surface area contributed by atoms with Gasteiger partial charge in [0.15, 0.2) is 0 Å². The maximum absolute atomic E-state index is 13.5. The van der Waals surface area contributed by atoms with Crippen LogP contribution in [0.15, 0.2) is 18.2 Å². The van der Waals surface area contributed by atoms with Crippen molar-refractivity contribution < 1.29 is 8.78 Å². The topological polar surface area (TPSA) is 0 Å². The molecule has 13 heavy (non-hydrogen) atoms. The SMILES string of the molecule is FC(F)(c1cc[c]cc1Cl)C1CC1. The first-order valence-corrected chi connectivity index (χ1v) is 4.54. The molecule has 1 aliphatic carbocycles.